The summed E-state index contributed by atoms with van der Waals surface area (Å²) in [5.74, 6) is 4.59. The molecule has 1 aliphatic rings. The van der Waals surface area contributed by atoms with Gasteiger partial charge in [-0.2, -0.15) is 11.8 Å². The third kappa shape index (κ3) is 3.17. The summed E-state index contributed by atoms with van der Waals surface area (Å²) in [6.07, 6.45) is 4.15. The smallest absolute Gasteiger partial charge is 0.0191 e. The minimum absolute atomic E-state index is 0.783. The standard InChI is InChI=1S/C11H23NS/c1-4-9(5-2)6-10-7-13-8-11(10)12-3/h9-12H,4-8H2,1-3H3. The highest BCUT2D eigenvalue weighted by molar-refractivity contribution is 7.99. The Kier molecular flexibility index (Phi) is 5.18. The topological polar surface area (TPSA) is 12.0 Å². The van der Waals surface area contributed by atoms with Crippen molar-refractivity contribution in [1.82, 2.24) is 5.32 Å². The van der Waals surface area contributed by atoms with Crippen LogP contribution < -0.4 is 5.32 Å². The summed E-state index contributed by atoms with van der Waals surface area (Å²) in [6.45, 7) is 4.65. The summed E-state index contributed by atoms with van der Waals surface area (Å²) < 4.78 is 0. The van der Waals surface area contributed by atoms with Crippen LogP contribution in [0, 0.1) is 11.8 Å². The summed E-state index contributed by atoms with van der Waals surface area (Å²) in [6, 6.07) is 0.783. The number of rotatable bonds is 5. The lowest BCUT2D eigenvalue weighted by Crippen LogP contribution is -2.33. The van der Waals surface area contributed by atoms with Crippen molar-refractivity contribution in [1.29, 1.82) is 0 Å². The molecule has 0 aliphatic carbocycles. The van der Waals surface area contributed by atoms with Crippen molar-refractivity contribution in [3.63, 3.8) is 0 Å². The molecule has 1 nitrogen and oxygen atoms in total. The highest BCUT2D eigenvalue weighted by atomic mass is 32.2. The van der Waals surface area contributed by atoms with Crippen LogP contribution >= 0.6 is 11.8 Å². The normalized spacial score (nSPS) is 28.6. The Labute approximate surface area is 87.1 Å². The van der Waals surface area contributed by atoms with E-state index in [4.69, 9.17) is 0 Å². The molecular weight excluding hydrogens is 178 g/mol. The molecule has 2 heteroatoms. The Morgan fingerprint density at radius 2 is 2.00 bits per heavy atom. The van der Waals surface area contributed by atoms with Crippen molar-refractivity contribution in [3.05, 3.63) is 0 Å². The van der Waals surface area contributed by atoms with Crippen LogP contribution in [0.1, 0.15) is 33.1 Å². The Balaban J connectivity index is 2.33. The first-order valence-electron chi connectivity index (χ1n) is 5.56. The number of thioether (sulfide) groups is 1. The molecule has 1 heterocycles. The zero-order chi connectivity index (χ0) is 9.68. The average Bonchev–Trinajstić information content (AvgIpc) is 2.61. The minimum atomic E-state index is 0.783. The fraction of sp³-hybridized carbons (Fsp3) is 1.00. The van der Waals surface area contributed by atoms with Crippen LogP contribution in [-0.4, -0.2) is 24.6 Å². The highest BCUT2D eigenvalue weighted by Crippen LogP contribution is 2.31. The van der Waals surface area contributed by atoms with Gasteiger partial charge in [-0.1, -0.05) is 26.7 Å². The molecule has 0 radical (unpaired) electrons. The monoisotopic (exact) mass is 201 g/mol. The van der Waals surface area contributed by atoms with E-state index in [1.165, 1.54) is 30.8 Å². The molecule has 13 heavy (non-hydrogen) atoms. The zero-order valence-electron chi connectivity index (χ0n) is 9.18. The van der Waals surface area contributed by atoms with Gasteiger partial charge in [0.2, 0.25) is 0 Å². The van der Waals surface area contributed by atoms with Crippen LogP contribution in [0.15, 0.2) is 0 Å². The van der Waals surface area contributed by atoms with Gasteiger partial charge in [0.25, 0.3) is 0 Å². The molecule has 0 bridgehead atoms. The van der Waals surface area contributed by atoms with Crippen molar-refractivity contribution in [2.75, 3.05) is 18.6 Å². The van der Waals surface area contributed by atoms with Gasteiger partial charge >= 0.3 is 0 Å². The van der Waals surface area contributed by atoms with Gasteiger partial charge in [0.15, 0.2) is 0 Å². The van der Waals surface area contributed by atoms with E-state index in [-0.39, 0.29) is 0 Å². The molecule has 0 spiro atoms. The first-order valence-corrected chi connectivity index (χ1v) is 6.72. The summed E-state index contributed by atoms with van der Waals surface area (Å²) in [7, 11) is 2.11. The zero-order valence-corrected chi connectivity index (χ0v) is 9.99. The summed E-state index contributed by atoms with van der Waals surface area (Å²) in [4.78, 5) is 0. The first kappa shape index (κ1) is 11.4. The molecule has 0 saturated carbocycles. The van der Waals surface area contributed by atoms with Gasteiger partial charge in [-0.15, -0.1) is 0 Å². The van der Waals surface area contributed by atoms with Gasteiger partial charge < -0.3 is 5.32 Å². The molecule has 1 fully saturated rings. The Hall–Kier alpha value is 0.310. The third-order valence-corrected chi connectivity index (χ3v) is 4.62. The first-order chi connectivity index (χ1) is 6.31. The quantitative estimate of drug-likeness (QED) is 0.734. The minimum Gasteiger partial charge on any atom is -0.316 e. The van der Waals surface area contributed by atoms with Crippen LogP contribution in [0.4, 0.5) is 0 Å². The van der Waals surface area contributed by atoms with Gasteiger partial charge in [-0.3, -0.25) is 0 Å². The average molecular weight is 201 g/mol. The summed E-state index contributed by atoms with van der Waals surface area (Å²) >= 11 is 2.12. The Morgan fingerprint density at radius 3 is 2.54 bits per heavy atom. The van der Waals surface area contributed by atoms with E-state index >= 15 is 0 Å². The van der Waals surface area contributed by atoms with Gasteiger partial charge in [-0.05, 0) is 31.1 Å². The lowest BCUT2D eigenvalue weighted by molar-refractivity contribution is 0.333. The Bertz CT molecular complexity index is 134. The molecule has 0 aromatic rings. The van der Waals surface area contributed by atoms with E-state index in [9.17, 15) is 0 Å². The predicted octanol–water partition coefficient (Wildman–Crippen LogP) is 2.76. The second-order valence-corrected chi connectivity index (χ2v) is 5.19. The lowest BCUT2D eigenvalue weighted by atomic mass is 9.88. The number of hydrogen-bond acceptors (Lipinski definition) is 2. The largest absolute Gasteiger partial charge is 0.316 e. The Morgan fingerprint density at radius 1 is 1.31 bits per heavy atom. The maximum Gasteiger partial charge on any atom is 0.0191 e. The fourth-order valence-electron chi connectivity index (χ4n) is 2.20. The van der Waals surface area contributed by atoms with Gasteiger partial charge in [0.1, 0.15) is 0 Å². The van der Waals surface area contributed by atoms with E-state index in [0.717, 1.165) is 17.9 Å². The van der Waals surface area contributed by atoms with Crippen LogP contribution in [0.5, 0.6) is 0 Å². The molecule has 0 aromatic heterocycles. The molecule has 2 atom stereocenters. The van der Waals surface area contributed by atoms with E-state index in [2.05, 4.69) is 38.0 Å². The van der Waals surface area contributed by atoms with Crippen LogP contribution in [0.2, 0.25) is 0 Å². The van der Waals surface area contributed by atoms with Crippen LogP contribution in [-0.2, 0) is 0 Å². The second-order valence-electron chi connectivity index (χ2n) is 4.11. The van der Waals surface area contributed by atoms with Crippen molar-refractivity contribution < 1.29 is 0 Å². The SMILES string of the molecule is CCC(CC)CC1CSCC1NC. The summed E-state index contributed by atoms with van der Waals surface area (Å²) in [5, 5.41) is 3.45. The molecule has 78 valence electrons. The second kappa shape index (κ2) is 5.92. The van der Waals surface area contributed by atoms with E-state index in [1.54, 1.807) is 0 Å². The highest BCUT2D eigenvalue weighted by Gasteiger charge is 2.27. The molecule has 1 aliphatic heterocycles. The van der Waals surface area contributed by atoms with Crippen molar-refractivity contribution in [2.45, 2.75) is 39.2 Å². The van der Waals surface area contributed by atoms with Crippen molar-refractivity contribution >= 4 is 11.8 Å². The molecule has 1 rings (SSSR count). The maximum absolute atomic E-state index is 3.45. The van der Waals surface area contributed by atoms with Crippen molar-refractivity contribution in [2.24, 2.45) is 11.8 Å². The van der Waals surface area contributed by atoms with E-state index in [1.807, 2.05) is 0 Å². The third-order valence-electron chi connectivity index (χ3n) is 3.36. The van der Waals surface area contributed by atoms with Crippen LogP contribution in [0.25, 0.3) is 0 Å². The van der Waals surface area contributed by atoms with Gasteiger partial charge in [0, 0.05) is 11.8 Å². The fourth-order valence-corrected chi connectivity index (χ4v) is 3.70. The lowest BCUT2D eigenvalue weighted by Gasteiger charge is -2.22. The predicted molar refractivity (Wildman–Crippen MR) is 62.4 cm³/mol. The van der Waals surface area contributed by atoms with E-state index in [0.29, 0.717) is 0 Å². The molecule has 0 amide bonds. The summed E-state index contributed by atoms with van der Waals surface area (Å²) in [5.41, 5.74) is 0. The molecule has 1 saturated heterocycles. The number of nitrogens with one attached hydrogen (secondary N) is 1. The van der Waals surface area contributed by atoms with Crippen LogP contribution in [0.3, 0.4) is 0 Å². The van der Waals surface area contributed by atoms with Gasteiger partial charge in [0.05, 0.1) is 0 Å². The molecule has 0 aromatic carbocycles. The van der Waals surface area contributed by atoms with E-state index < -0.39 is 0 Å². The van der Waals surface area contributed by atoms with Gasteiger partial charge in [-0.25, -0.2) is 0 Å². The number of hydrogen-bond donors (Lipinski definition) is 1. The molecular formula is C11H23NS. The maximum atomic E-state index is 3.45. The van der Waals surface area contributed by atoms with Crippen molar-refractivity contribution in [3.8, 4) is 0 Å². The molecule has 1 N–H and O–H groups in total. The molecule has 2 unspecified atom stereocenters.